The van der Waals surface area contributed by atoms with Crippen molar-refractivity contribution in [2.45, 2.75) is 39.0 Å². The Balaban J connectivity index is 2.01. The fourth-order valence-electron chi connectivity index (χ4n) is 2.30. The van der Waals surface area contributed by atoms with Crippen LogP contribution >= 0.6 is 11.6 Å². The minimum absolute atomic E-state index is 0.0134. The molecule has 1 atom stereocenters. The van der Waals surface area contributed by atoms with Gasteiger partial charge in [-0.1, -0.05) is 48.0 Å². The molecular formula is C21H25ClN2O4. The van der Waals surface area contributed by atoms with Crippen molar-refractivity contribution in [1.29, 1.82) is 0 Å². The minimum atomic E-state index is -0.933. The van der Waals surface area contributed by atoms with Crippen molar-refractivity contribution in [3.8, 4) is 0 Å². The molecule has 0 fully saturated rings. The van der Waals surface area contributed by atoms with Crippen molar-refractivity contribution in [3.63, 3.8) is 0 Å². The molecule has 150 valence electrons. The van der Waals surface area contributed by atoms with Crippen molar-refractivity contribution in [2.75, 3.05) is 11.9 Å². The Morgan fingerprint density at radius 3 is 2.43 bits per heavy atom. The number of hydrogen-bond acceptors (Lipinski definition) is 4. The molecule has 2 aromatic rings. The number of carbonyl (C=O) groups excluding carboxylic acids is 2. The SMILES string of the molecule is CC(C)(C)OC(=O)N[C@@H](COCc1ccccc1)C(=O)Nc1cccc(Cl)c1. The van der Waals surface area contributed by atoms with Crippen LogP contribution in [0.1, 0.15) is 26.3 Å². The van der Waals surface area contributed by atoms with Gasteiger partial charge in [0.2, 0.25) is 5.91 Å². The zero-order valence-electron chi connectivity index (χ0n) is 16.2. The number of ether oxygens (including phenoxy) is 2. The van der Waals surface area contributed by atoms with Gasteiger partial charge >= 0.3 is 6.09 Å². The first-order chi connectivity index (χ1) is 13.2. The van der Waals surface area contributed by atoms with E-state index in [9.17, 15) is 9.59 Å². The van der Waals surface area contributed by atoms with Crippen LogP contribution in [0.2, 0.25) is 5.02 Å². The van der Waals surface area contributed by atoms with Crippen LogP contribution in [0.15, 0.2) is 54.6 Å². The van der Waals surface area contributed by atoms with E-state index in [1.807, 2.05) is 30.3 Å². The zero-order valence-corrected chi connectivity index (χ0v) is 17.0. The highest BCUT2D eigenvalue weighted by molar-refractivity contribution is 6.30. The Hall–Kier alpha value is -2.57. The Bertz CT molecular complexity index is 790. The van der Waals surface area contributed by atoms with Crippen LogP contribution in [0.4, 0.5) is 10.5 Å². The maximum Gasteiger partial charge on any atom is 0.408 e. The molecule has 0 aliphatic rings. The molecule has 0 aromatic heterocycles. The summed E-state index contributed by atoms with van der Waals surface area (Å²) in [7, 11) is 0. The van der Waals surface area contributed by atoms with E-state index < -0.39 is 23.6 Å². The van der Waals surface area contributed by atoms with Gasteiger partial charge in [-0.25, -0.2) is 4.79 Å². The summed E-state index contributed by atoms with van der Waals surface area (Å²) in [6, 6.07) is 15.4. The van der Waals surface area contributed by atoms with Crippen molar-refractivity contribution in [1.82, 2.24) is 5.32 Å². The van der Waals surface area contributed by atoms with Gasteiger partial charge in [-0.15, -0.1) is 0 Å². The summed E-state index contributed by atoms with van der Waals surface area (Å²) >= 11 is 5.95. The second kappa shape index (κ2) is 10.1. The number of benzene rings is 2. The molecule has 0 saturated heterocycles. The predicted octanol–water partition coefficient (Wildman–Crippen LogP) is 4.39. The quantitative estimate of drug-likeness (QED) is 0.717. The van der Waals surface area contributed by atoms with E-state index in [0.29, 0.717) is 17.3 Å². The minimum Gasteiger partial charge on any atom is -0.444 e. The summed E-state index contributed by atoms with van der Waals surface area (Å²) in [5.74, 6) is -0.429. The molecule has 0 spiro atoms. The Morgan fingerprint density at radius 2 is 1.79 bits per heavy atom. The molecule has 0 unspecified atom stereocenters. The molecule has 6 nitrogen and oxygen atoms in total. The summed E-state index contributed by atoms with van der Waals surface area (Å²) in [6.45, 7) is 5.55. The summed E-state index contributed by atoms with van der Waals surface area (Å²) in [4.78, 5) is 24.8. The maximum absolute atomic E-state index is 12.7. The van der Waals surface area contributed by atoms with Gasteiger partial charge in [0.25, 0.3) is 0 Å². The van der Waals surface area contributed by atoms with E-state index in [-0.39, 0.29) is 6.61 Å². The van der Waals surface area contributed by atoms with E-state index >= 15 is 0 Å². The number of nitrogens with one attached hydrogen (secondary N) is 2. The lowest BCUT2D eigenvalue weighted by molar-refractivity contribution is -0.119. The third kappa shape index (κ3) is 7.98. The molecule has 0 heterocycles. The first-order valence-corrected chi connectivity index (χ1v) is 9.28. The average molecular weight is 405 g/mol. The van der Waals surface area contributed by atoms with Gasteiger partial charge in [0.1, 0.15) is 11.6 Å². The maximum atomic E-state index is 12.7. The summed E-state index contributed by atoms with van der Waals surface area (Å²) in [5, 5.41) is 5.78. The fourth-order valence-corrected chi connectivity index (χ4v) is 2.49. The van der Waals surface area contributed by atoms with Crippen molar-refractivity contribution >= 4 is 29.3 Å². The van der Waals surface area contributed by atoms with Gasteiger partial charge in [0, 0.05) is 10.7 Å². The molecule has 28 heavy (non-hydrogen) atoms. The monoisotopic (exact) mass is 404 g/mol. The Labute approximate surface area is 170 Å². The normalized spacial score (nSPS) is 12.1. The first kappa shape index (κ1) is 21.7. The number of carbonyl (C=O) groups is 2. The highest BCUT2D eigenvalue weighted by Gasteiger charge is 2.25. The first-order valence-electron chi connectivity index (χ1n) is 8.90. The van der Waals surface area contributed by atoms with Crippen LogP contribution in [0.5, 0.6) is 0 Å². The number of rotatable bonds is 7. The summed E-state index contributed by atoms with van der Waals surface area (Å²) in [6.07, 6.45) is -0.693. The molecule has 0 saturated carbocycles. The van der Waals surface area contributed by atoms with Gasteiger partial charge in [0.15, 0.2) is 0 Å². The van der Waals surface area contributed by atoms with E-state index in [0.717, 1.165) is 5.56 Å². The molecule has 2 aromatic carbocycles. The highest BCUT2D eigenvalue weighted by atomic mass is 35.5. The van der Waals surface area contributed by atoms with Gasteiger partial charge in [0.05, 0.1) is 13.2 Å². The Kier molecular flexibility index (Phi) is 7.84. The van der Waals surface area contributed by atoms with Crippen LogP contribution in [0.25, 0.3) is 0 Å². The number of amides is 2. The second-order valence-electron chi connectivity index (χ2n) is 7.20. The van der Waals surface area contributed by atoms with Crippen LogP contribution in [0.3, 0.4) is 0 Å². The van der Waals surface area contributed by atoms with Crippen LogP contribution < -0.4 is 10.6 Å². The molecule has 7 heteroatoms. The van der Waals surface area contributed by atoms with E-state index in [2.05, 4.69) is 10.6 Å². The van der Waals surface area contributed by atoms with Gasteiger partial charge in [-0.05, 0) is 44.5 Å². The molecule has 2 rings (SSSR count). The lowest BCUT2D eigenvalue weighted by Crippen LogP contribution is -2.48. The molecule has 0 bridgehead atoms. The topological polar surface area (TPSA) is 76.7 Å². The van der Waals surface area contributed by atoms with Crippen LogP contribution in [-0.2, 0) is 20.9 Å². The van der Waals surface area contributed by atoms with E-state index in [1.165, 1.54) is 0 Å². The molecular weight excluding hydrogens is 380 g/mol. The standard InChI is InChI=1S/C21H25ClN2O4/c1-21(2,3)28-20(26)24-18(14-27-13-15-8-5-4-6-9-15)19(25)23-17-11-7-10-16(22)12-17/h4-12,18H,13-14H2,1-3H3,(H,23,25)(H,24,26)/t18-/m0/s1. The van der Waals surface area contributed by atoms with Crippen molar-refractivity contribution in [3.05, 3.63) is 65.2 Å². The predicted molar refractivity (Wildman–Crippen MR) is 109 cm³/mol. The van der Waals surface area contributed by atoms with Gasteiger partial charge < -0.3 is 20.1 Å². The summed E-state index contributed by atoms with van der Waals surface area (Å²) in [5.41, 5.74) is 0.813. The zero-order chi connectivity index (χ0) is 20.6. The number of hydrogen-bond donors (Lipinski definition) is 2. The van der Waals surface area contributed by atoms with E-state index in [4.69, 9.17) is 21.1 Å². The number of anilines is 1. The van der Waals surface area contributed by atoms with Gasteiger partial charge in [-0.2, -0.15) is 0 Å². The molecule has 2 N–H and O–H groups in total. The van der Waals surface area contributed by atoms with Crippen LogP contribution in [0, 0.1) is 0 Å². The molecule has 0 aliphatic carbocycles. The third-order valence-corrected chi connectivity index (χ3v) is 3.73. The van der Waals surface area contributed by atoms with E-state index in [1.54, 1.807) is 45.0 Å². The highest BCUT2D eigenvalue weighted by Crippen LogP contribution is 2.15. The summed E-state index contributed by atoms with van der Waals surface area (Å²) < 4.78 is 10.9. The number of alkyl carbamates (subject to hydrolysis) is 1. The van der Waals surface area contributed by atoms with Crippen LogP contribution in [-0.4, -0.2) is 30.3 Å². The lowest BCUT2D eigenvalue weighted by atomic mass is 10.2. The van der Waals surface area contributed by atoms with Crippen molar-refractivity contribution < 1.29 is 19.1 Å². The number of halogens is 1. The fraction of sp³-hybridized carbons (Fsp3) is 0.333. The Morgan fingerprint density at radius 1 is 1.07 bits per heavy atom. The largest absolute Gasteiger partial charge is 0.444 e. The lowest BCUT2D eigenvalue weighted by Gasteiger charge is -2.23. The second-order valence-corrected chi connectivity index (χ2v) is 7.64. The van der Waals surface area contributed by atoms with Gasteiger partial charge in [-0.3, -0.25) is 4.79 Å². The third-order valence-electron chi connectivity index (χ3n) is 3.50. The smallest absolute Gasteiger partial charge is 0.408 e. The molecule has 2 amide bonds. The van der Waals surface area contributed by atoms with Crippen molar-refractivity contribution in [2.24, 2.45) is 0 Å². The molecule has 0 aliphatic heterocycles. The average Bonchev–Trinajstić information content (AvgIpc) is 2.60. The molecule has 0 radical (unpaired) electrons.